The summed E-state index contributed by atoms with van der Waals surface area (Å²) in [7, 11) is 1.84. The zero-order valence-electron chi connectivity index (χ0n) is 22.8. The van der Waals surface area contributed by atoms with E-state index in [1.807, 2.05) is 60.4 Å². The summed E-state index contributed by atoms with van der Waals surface area (Å²) in [6.07, 6.45) is -0.642. The van der Waals surface area contributed by atoms with E-state index in [1.165, 1.54) is 6.92 Å². The SMILES string of the molecule is CC.CC.CC(C)O[C@@H]1C(C)C(=O)OC[C@@](C)(O)C(O)C(C)N(C)CC[C@@](C)(O)C[C@H]1C. The topological polar surface area (TPSA) is 99.5 Å². The second kappa shape index (κ2) is 15.2. The molecule has 0 aromatic heterocycles. The van der Waals surface area contributed by atoms with Crippen molar-refractivity contribution in [1.29, 1.82) is 0 Å². The Morgan fingerprint density at radius 1 is 1.09 bits per heavy atom. The highest BCUT2D eigenvalue weighted by atomic mass is 16.6. The maximum atomic E-state index is 12.7. The predicted molar refractivity (Wildman–Crippen MR) is 131 cm³/mol. The van der Waals surface area contributed by atoms with Gasteiger partial charge >= 0.3 is 5.97 Å². The van der Waals surface area contributed by atoms with E-state index in [2.05, 4.69) is 0 Å². The van der Waals surface area contributed by atoms with Crippen molar-refractivity contribution in [2.24, 2.45) is 11.8 Å². The molecule has 1 aliphatic rings. The van der Waals surface area contributed by atoms with E-state index in [9.17, 15) is 20.1 Å². The number of carbonyl (C=O) groups is 1. The van der Waals surface area contributed by atoms with Crippen LogP contribution in [0.3, 0.4) is 0 Å². The minimum absolute atomic E-state index is 0.0725. The molecule has 32 heavy (non-hydrogen) atoms. The van der Waals surface area contributed by atoms with Crippen LogP contribution in [-0.2, 0) is 14.3 Å². The largest absolute Gasteiger partial charge is 0.462 e. The first-order valence-electron chi connectivity index (χ1n) is 12.3. The third kappa shape index (κ3) is 10.9. The van der Waals surface area contributed by atoms with Crippen molar-refractivity contribution in [2.45, 2.75) is 125 Å². The monoisotopic (exact) mass is 463 g/mol. The zero-order valence-corrected chi connectivity index (χ0v) is 22.8. The van der Waals surface area contributed by atoms with Gasteiger partial charge in [0.2, 0.25) is 0 Å². The molecule has 0 bridgehead atoms. The van der Waals surface area contributed by atoms with Gasteiger partial charge in [0.25, 0.3) is 0 Å². The molecule has 0 amide bonds. The van der Waals surface area contributed by atoms with E-state index >= 15 is 0 Å². The van der Waals surface area contributed by atoms with Crippen LogP contribution in [0.4, 0.5) is 0 Å². The summed E-state index contributed by atoms with van der Waals surface area (Å²) in [5.74, 6) is -1.12. The van der Waals surface area contributed by atoms with Gasteiger partial charge in [0.1, 0.15) is 18.3 Å². The van der Waals surface area contributed by atoms with Crippen molar-refractivity contribution in [2.75, 3.05) is 20.2 Å². The molecule has 7 heteroatoms. The molecule has 0 aromatic rings. The fraction of sp³-hybridized carbons (Fsp3) is 0.960. The molecule has 0 saturated carbocycles. The highest BCUT2D eigenvalue weighted by Gasteiger charge is 2.41. The van der Waals surface area contributed by atoms with Crippen LogP contribution in [0.1, 0.15) is 89.0 Å². The summed E-state index contributed by atoms with van der Waals surface area (Å²) in [5, 5.41) is 32.2. The van der Waals surface area contributed by atoms with Gasteiger partial charge in [-0.1, -0.05) is 34.6 Å². The third-order valence-corrected chi connectivity index (χ3v) is 5.92. The number of aliphatic hydroxyl groups excluding tert-OH is 1. The minimum atomic E-state index is -1.59. The lowest BCUT2D eigenvalue weighted by Gasteiger charge is -2.40. The van der Waals surface area contributed by atoms with Gasteiger partial charge in [0.15, 0.2) is 0 Å². The van der Waals surface area contributed by atoms with Crippen molar-refractivity contribution in [3.05, 3.63) is 0 Å². The molecule has 3 unspecified atom stereocenters. The first kappa shape index (κ1) is 33.4. The van der Waals surface area contributed by atoms with E-state index in [0.29, 0.717) is 19.4 Å². The van der Waals surface area contributed by atoms with Gasteiger partial charge in [0, 0.05) is 12.6 Å². The average molecular weight is 464 g/mol. The highest BCUT2D eigenvalue weighted by Crippen LogP contribution is 2.30. The number of likely N-dealkylation sites (N-methyl/N-ethyl adjacent to an activating group) is 1. The Morgan fingerprint density at radius 3 is 2.06 bits per heavy atom. The summed E-state index contributed by atoms with van der Waals surface area (Å²) in [6.45, 7) is 20.9. The van der Waals surface area contributed by atoms with Crippen LogP contribution in [-0.4, -0.2) is 81.9 Å². The first-order valence-corrected chi connectivity index (χ1v) is 12.3. The quantitative estimate of drug-likeness (QED) is 0.538. The van der Waals surface area contributed by atoms with Crippen molar-refractivity contribution in [3.8, 4) is 0 Å². The summed E-state index contributed by atoms with van der Waals surface area (Å²) < 4.78 is 11.4. The lowest BCUT2D eigenvalue weighted by molar-refractivity contribution is -0.175. The molecule has 1 aliphatic heterocycles. The van der Waals surface area contributed by atoms with Gasteiger partial charge in [-0.3, -0.25) is 4.79 Å². The van der Waals surface area contributed by atoms with E-state index in [1.54, 1.807) is 20.8 Å². The molecule has 1 saturated heterocycles. The van der Waals surface area contributed by atoms with E-state index in [4.69, 9.17) is 9.47 Å². The Balaban J connectivity index is 0. The smallest absolute Gasteiger partial charge is 0.311 e. The number of ether oxygens (including phenoxy) is 2. The third-order valence-electron chi connectivity index (χ3n) is 5.92. The number of hydrogen-bond acceptors (Lipinski definition) is 7. The zero-order chi connectivity index (χ0) is 25.9. The maximum absolute atomic E-state index is 12.7. The summed E-state index contributed by atoms with van der Waals surface area (Å²) in [6, 6.07) is -0.376. The molecule has 0 aliphatic carbocycles. The van der Waals surface area contributed by atoms with E-state index in [-0.39, 0.29) is 24.7 Å². The average Bonchev–Trinajstić information content (AvgIpc) is 2.74. The fourth-order valence-corrected chi connectivity index (χ4v) is 3.92. The van der Waals surface area contributed by atoms with Crippen molar-refractivity contribution < 1.29 is 29.6 Å². The van der Waals surface area contributed by atoms with Crippen LogP contribution < -0.4 is 0 Å². The molecule has 1 fully saturated rings. The number of nitrogens with zero attached hydrogens (tertiary/aromatic N) is 1. The number of cyclic esters (lactones) is 1. The molecule has 7 atom stereocenters. The summed E-state index contributed by atoms with van der Waals surface area (Å²) in [4.78, 5) is 14.6. The molecule has 1 rings (SSSR count). The van der Waals surface area contributed by atoms with Gasteiger partial charge in [0.05, 0.1) is 23.7 Å². The Labute approximate surface area is 197 Å². The Hall–Kier alpha value is -0.730. The van der Waals surface area contributed by atoms with Gasteiger partial charge in [-0.15, -0.1) is 0 Å². The molecule has 0 aromatic carbocycles. The Kier molecular flexibility index (Phi) is 15.9. The second-order valence-corrected chi connectivity index (χ2v) is 9.50. The molecule has 3 N–H and O–H groups in total. The van der Waals surface area contributed by atoms with Crippen LogP contribution in [0.25, 0.3) is 0 Å². The van der Waals surface area contributed by atoms with E-state index < -0.39 is 35.3 Å². The molecular weight excluding hydrogens is 410 g/mol. The number of hydrogen-bond donors (Lipinski definition) is 3. The number of aliphatic hydroxyl groups is 3. The number of esters is 1. The number of carbonyl (C=O) groups excluding carboxylic acids is 1. The molecule has 1 heterocycles. The predicted octanol–water partition coefficient (Wildman–Crippen LogP) is 3.62. The van der Waals surface area contributed by atoms with Crippen molar-refractivity contribution in [3.63, 3.8) is 0 Å². The number of rotatable bonds is 2. The van der Waals surface area contributed by atoms with Gasteiger partial charge in [-0.25, -0.2) is 0 Å². The lowest BCUT2D eigenvalue weighted by Crippen LogP contribution is -2.55. The highest BCUT2D eigenvalue weighted by molar-refractivity contribution is 5.72. The van der Waals surface area contributed by atoms with Crippen molar-refractivity contribution in [1.82, 2.24) is 4.90 Å². The first-order chi connectivity index (χ1) is 14.7. The normalized spacial score (nSPS) is 37.9. The maximum Gasteiger partial charge on any atom is 0.311 e. The summed E-state index contributed by atoms with van der Waals surface area (Å²) in [5.41, 5.74) is -2.54. The Bertz CT molecular complexity index is 509. The van der Waals surface area contributed by atoms with Crippen LogP contribution in [0.15, 0.2) is 0 Å². The molecule has 0 spiro atoms. The second-order valence-electron chi connectivity index (χ2n) is 9.50. The molecule has 0 radical (unpaired) electrons. The minimum Gasteiger partial charge on any atom is -0.462 e. The van der Waals surface area contributed by atoms with Crippen LogP contribution in [0, 0.1) is 11.8 Å². The summed E-state index contributed by atoms with van der Waals surface area (Å²) >= 11 is 0. The van der Waals surface area contributed by atoms with E-state index in [0.717, 1.165) is 0 Å². The van der Waals surface area contributed by atoms with Crippen LogP contribution >= 0.6 is 0 Å². The van der Waals surface area contributed by atoms with Gasteiger partial charge in [-0.05, 0) is 67.3 Å². The van der Waals surface area contributed by atoms with Crippen LogP contribution in [0.2, 0.25) is 0 Å². The van der Waals surface area contributed by atoms with Crippen LogP contribution in [0.5, 0.6) is 0 Å². The molecular formula is C25H53NO6. The Morgan fingerprint density at radius 2 is 1.59 bits per heavy atom. The lowest BCUT2D eigenvalue weighted by atomic mass is 9.82. The molecule has 194 valence electrons. The molecule has 7 nitrogen and oxygen atoms in total. The fourth-order valence-electron chi connectivity index (χ4n) is 3.92. The van der Waals surface area contributed by atoms with Gasteiger partial charge < -0.3 is 29.7 Å². The van der Waals surface area contributed by atoms with Gasteiger partial charge in [-0.2, -0.15) is 0 Å². The van der Waals surface area contributed by atoms with Crippen molar-refractivity contribution >= 4 is 5.97 Å². The standard InChI is InChI=1S/C21H41NO6.2C2H6/c1-13(2)28-17-14(3)11-20(6,25)9-10-22(8)16(5)18(23)21(7,26)12-27-19(24)15(17)4;2*1-2/h13-18,23,25-26H,9-12H2,1-8H3;2*1-2H3/t14-,15?,16?,17+,18?,20-,21-;;/m1../s1.